The maximum Gasteiger partial charge on any atom is 0.237 e. The van der Waals surface area contributed by atoms with Crippen LogP contribution in [0.2, 0.25) is 0 Å². The van der Waals surface area contributed by atoms with Crippen LogP contribution in [0.3, 0.4) is 0 Å². The second-order valence-electron chi connectivity index (χ2n) is 5.91. The van der Waals surface area contributed by atoms with Gasteiger partial charge in [0, 0.05) is 17.1 Å². The predicted octanol–water partition coefficient (Wildman–Crippen LogP) is 2.35. The number of amides is 1. The Morgan fingerprint density at radius 1 is 1.21 bits per heavy atom. The summed E-state index contributed by atoms with van der Waals surface area (Å²) in [6.45, 7) is 9.59. The number of phenols is 1. The molecule has 0 heterocycles. The minimum absolute atomic E-state index is 0.0465. The van der Waals surface area contributed by atoms with E-state index in [0.29, 0.717) is 0 Å². The molecule has 1 aromatic rings. The molecule has 3 N–H and O–H groups in total. The number of carbonyl (C=O) groups excluding carboxylic acids is 1. The summed E-state index contributed by atoms with van der Waals surface area (Å²) < 4.78 is 0. The molecular weight excluding hydrogens is 240 g/mol. The first-order valence-electron chi connectivity index (χ1n) is 6.56. The molecule has 0 saturated carbocycles. The van der Waals surface area contributed by atoms with E-state index in [1.54, 1.807) is 12.1 Å². The molecule has 0 aliphatic rings. The van der Waals surface area contributed by atoms with Crippen LogP contribution < -0.4 is 10.6 Å². The Morgan fingerprint density at radius 3 is 2.32 bits per heavy atom. The van der Waals surface area contributed by atoms with Crippen LogP contribution >= 0.6 is 0 Å². The van der Waals surface area contributed by atoms with E-state index in [2.05, 4.69) is 10.6 Å². The number of aromatic hydroxyl groups is 1. The maximum absolute atomic E-state index is 12.0. The lowest BCUT2D eigenvalue weighted by Crippen LogP contribution is -2.49. The van der Waals surface area contributed by atoms with Gasteiger partial charge in [0.15, 0.2) is 0 Å². The number of hydrogen-bond donors (Lipinski definition) is 3. The highest BCUT2D eigenvalue weighted by molar-refractivity contribution is 5.82. The summed E-state index contributed by atoms with van der Waals surface area (Å²) >= 11 is 0. The van der Waals surface area contributed by atoms with E-state index in [1.165, 1.54) is 0 Å². The molecule has 0 radical (unpaired) electrons. The molecule has 19 heavy (non-hydrogen) atoms. The van der Waals surface area contributed by atoms with Crippen molar-refractivity contribution in [2.24, 2.45) is 0 Å². The van der Waals surface area contributed by atoms with Gasteiger partial charge in [-0.3, -0.25) is 10.1 Å². The number of phenolic OH excluding ortho intramolecular Hbond substituents is 1. The van der Waals surface area contributed by atoms with Gasteiger partial charge in [-0.25, -0.2) is 0 Å². The first kappa shape index (κ1) is 15.5. The third kappa shape index (κ3) is 4.91. The Balaban J connectivity index is 2.64. The van der Waals surface area contributed by atoms with Crippen LogP contribution in [0, 0.1) is 0 Å². The summed E-state index contributed by atoms with van der Waals surface area (Å²) in [5.41, 5.74) is 0.545. The molecule has 106 valence electrons. The van der Waals surface area contributed by atoms with Crippen LogP contribution in [0.15, 0.2) is 24.3 Å². The van der Waals surface area contributed by atoms with Crippen LogP contribution in [0.4, 0.5) is 0 Å². The molecule has 2 unspecified atom stereocenters. The molecule has 1 aromatic carbocycles. The van der Waals surface area contributed by atoms with E-state index in [9.17, 15) is 9.90 Å². The smallest absolute Gasteiger partial charge is 0.237 e. The van der Waals surface area contributed by atoms with Gasteiger partial charge in [0.1, 0.15) is 5.75 Å². The molecule has 0 aliphatic carbocycles. The van der Waals surface area contributed by atoms with Gasteiger partial charge < -0.3 is 10.4 Å². The Bertz CT molecular complexity index is 438. The van der Waals surface area contributed by atoms with Crippen LogP contribution in [-0.4, -0.2) is 22.6 Å². The van der Waals surface area contributed by atoms with Gasteiger partial charge in [0.25, 0.3) is 0 Å². The summed E-state index contributed by atoms with van der Waals surface area (Å²) in [7, 11) is 0. The van der Waals surface area contributed by atoms with Crippen molar-refractivity contribution in [1.82, 2.24) is 10.6 Å². The van der Waals surface area contributed by atoms with Crippen molar-refractivity contribution in [3.05, 3.63) is 29.8 Å². The van der Waals surface area contributed by atoms with E-state index >= 15 is 0 Å². The zero-order valence-electron chi connectivity index (χ0n) is 12.3. The van der Waals surface area contributed by atoms with Crippen molar-refractivity contribution < 1.29 is 9.90 Å². The second kappa shape index (κ2) is 6.06. The third-order valence-electron chi connectivity index (χ3n) is 2.79. The van der Waals surface area contributed by atoms with E-state index < -0.39 is 0 Å². The Hall–Kier alpha value is -1.55. The van der Waals surface area contributed by atoms with Gasteiger partial charge in [0.05, 0.1) is 6.04 Å². The summed E-state index contributed by atoms with van der Waals surface area (Å²) in [5.74, 6) is 0.195. The summed E-state index contributed by atoms with van der Waals surface area (Å²) in [6, 6.07) is 6.72. The van der Waals surface area contributed by atoms with Gasteiger partial charge in [-0.2, -0.15) is 0 Å². The molecule has 0 fully saturated rings. The largest absolute Gasteiger partial charge is 0.508 e. The fraction of sp³-hybridized carbons (Fsp3) is 0.533. The molecule has 2 atom stereocenters. The number of para-hydroxylation sites is 1. The van der Waals surface area contributed by atoms with Gasteiger partial charge in [-0.1, -0.05) is 18.2 Å². The lowest BCUT2D eigenvalue weighted by molar-refractivity contribution is -0.124. The van der Waals surface area contributed by atoms with Gasteiger partial charge in [-0.15, -0.1) is 0 Å². The van der Waals surface area contributed by atoms with Crippen molar-refractivity contribution in [1.29, 1.82) is 0 Å². The number of carbonyl (C=O) groups is 1. The van der Waals surface area contributed by atoms with Crippen LogP contribution in [-0.2, 0) is 4.79 Å². The fourth-order valence-corrected chi connectivity index (χ4v) is 1.87. The molecule has 0 bridgehead atoms. The third-order valence-corrected chi connectivity index (χ3v) is 2.79. The predicted molar refractivity (Wildman–Crippen MR) is 77.0 cm³/mol. The standard InChI is InChI=1S/C15H24N2O2/c1-10(12-8-6-7-9-13(12)18)16-11(2)14(19)17-15(3,4)5/h6-11,16,18H,1-5H3,(H,17,19). The Labute approximate surface area is 115 Å². The average molecular weight is 264 g/mol. The molecule has 0 aliphatic heterocycles. The van der Waals surface area contributed by atoms with E-state index in [1.807, 2.05) is 46.8 Å². The number of rotatable bonds is 4. The van der Waals surface area contributed by atoms with Crippen molar-refractivity contribution in [3.8, 4) is 5.75 Å². The minimum Gasteiger partial charge on any atom is -0.508 e. The van der Waals surface area contributed by atoms with E-state index in [0.717, 1.165) is 5.56 Å². The molecular formula is C15H24N2O2. The highest BCUT2D eigenvalue weighted by Gasteiger charge is 2.21. The lowest BCUT2D eigenvalue weighted by atomic mass is 10.1. The highest BCUT2D eigenvalue weighted by atomic mass is 16.3. The van der Waals surface area contributed by atoms with Crippen LogP contribution in [0.1, 0.15) is 46.2 Å². The number of benzene rings is 1. The zero-order chi connectivity index (χ0) is 14.6. The second-order valence-corrected chi connectivity index (χ2v) is 5.91. The van der Waals surface area contributed by atoms with Gasteiger partial charge in [-0.05, 0) is 40.7 Å². The monoisotopic (exact) mass is 264 g/mol. The van der Waals surface area contributed by atoms with E-state index in [-0.39, 0.29) is 29.3 Å². The van der Waals surface area contributed by atoms with E-state index in [4.69, 9.17) is 0 Å². The van der Waals surface area contributed by atoms with Crippen LogP contribution in [0.5, 0.6) is 5.75 Å². The fourth-order valence-electron chi connectivity index (χ4n) is 1.87. The Kier molecular flexibility index (Phi) is 4.95. The summed E-state index contributed by atoms with van der Waals surface area (Å²) in [4.78, 5) is 12.0. The topological polar surface area (TPSA) is 61.4 Å². The molecule has 0 aromatic heterocycles. The molecule has 0 spiro atoms. The van der Waals surface area contributed by atoms with Crippen molar-refractivity contribution >= 4 is 5.91 Å². The van der Waals surface area contributed by atoms with Crippen LogP contribution in [0.25, 0.3) is 0 Å². The minimum atomic E-state index is -0.325. The summed E-state index contributed by atoms with van der Waals surface area (Å²) in [6.07, 6.45) is 0. The SMILES string of the molecule is CC(NC(C)c1ccccc1O)C(=O)NC(C)(C)C. The van der Waals surface area contributed by atoms with Crippen molar-refractivity contribution in [3.63, 3.8) is 0 Å². The van der Waals surface area contributed by atoms with Gasteiger partial charge in [0.2, 0.25) is 5.91 Å². The number of hydrogen-bond acceptors (Lipinski definition) is 3. The molecule has 4 nitrogen and oxygen atoms in total. The maximum atomic E-state index is 12.0. The summed E-state index contributed by atoms with van der Waals surface area (Å²) in [5, 5.41) is 15.9. The van der Waals surface area contributed by atoms with Crippen molar-refractivity contribution in [2.75, 3.05) is 0 Å². The first-order valence-corrected chi connectivity index (χ1v) is 6.56. The molecule has 4 heteroatoms. The molecule has 1 amide bonds. The Morgan fingerprint density at radius 2 is 1.79 bits per heavy atom. The van der Waals surface area contributed by atoms with Crippen molar-refractivity contribution in [2.45, 2.75) is 52.2 Å². The average Bonchev–Trinajstić information content (AvgIpc) is 2.27. The van der Waals surface area contributed by atoms with Gasteiger partial charge >= 0.3 is 0 Å². The molecule has 0 saturated heterocycles. The first-order chi connectivity index (χ1) is 8.70. The highest BCUT2D eigenvalue weighted by Crippen LogP contribution is 2.23. The molecule has 1 rings (SSSR count). The normalized spacial score (nSPS) is 14.8. The zero-order valence-corrected chi connectivity index (χ0v) is 12.3. The quantitative estimate of drug-likeness (QED) is 0.782. The lowest BCUT2D eigenvalue weighted by Gasteiger charge is -2.26. The number of nitrogens with one attached hydrogen (secondary N) is 2.